The summed E-state index contributed by atoms with van der Waals surface area (Å²) in [5.41, 5.74) is 0. The van der Waals surface area contributed by atoms with Crippen LogP contribution in [0.3, 0.4) is 0 Å². The van der Waals surface area contributed by atoms with Crippen LogP contribution in [0.5, 0.6) is 0 Å². The third kappa shape index (κ3) is 3.59. The monoisotopic (exact) mass is 292 g/mol. The molecular formula is C9H14BrClN4. The maximum Gasteiger partial charge on any atom is 0.224 e. The Morgan fingerprint density at radius 1 is 1.40 bits per heavy atom. The van der Waals surface area contributed by atoms with Gasteiger partial charge in [0.15, 0.2) is 0 Å². The lowest BCUT2D eigenvalue weighted by atomic mass is 10.2. The van der Waals surface area contributed by atoms with E-state index in [1.165, 1.54) is 0 Å². The molecule has 84 valence electrons. The summed E-state index contributed by atoms with van der Waals surface area (Å²) in [4.78, 5) is 7.96. The Balaban J connectivity index is 2.75. The van der Waals surface area contributed by atoms with Gasteiger partial charge in [-0.05, 0) is 48.4 Å². The summed E-state index contributed by atoms with van der Waals surface area (Å²) in [6.45, 7) is 4.16. The fraction of sp³-hybridized carbons (Fsp3) is 0.556. The van der Waals surface area contributed by atoms with E-state index in [9.17, 15) is 0 Å². The molecule has 6 heteroatoms. The number of anilines is 1. The van der Waals surface area contributed by atoms with Gasteiger partial charge >= 0.3 is 0 Å². The third-order valence-electron chi connectivity index (χ3n) is 2.28. The van der Waals surface area contributed by atoms with E-state index in [-0.39, 0.29) is 11.3 Å². The molecule has 0 fully saturated rings. The maximum absolute atomic E-state index is 5.72. The first-order valence-electron chi connectivity index (χ1n) is 4.66. The minimum atomic E-state index is 0.241. The minimum Gasteiger partial charge on any atom is -0.365 e. The molecule has 2 N–H and O–H groups in total. The zero-order chi connectivity index (χ0) is 11.4. The molecule has 0 amide bonds. The molecule has 0 saturated heterocycles. The number of nitrogens with one attached hydrogen (secondary N) is 2. The van der Waals surface area contributed by atoms with Crippen LogP contribution in [0.4, 0.5) is 5.82 Å². The number of rotatable bonds is 4. The minimum absolute atomic E-state index is 0.241. The van der Waals surface area contributed by atoms with Crippen LogP contribution in [0.15, 0.2) is 10.7 Å². The smallest absolute Gasteiger partial charge is 0.224 e. The van der Waals surface area contributed by atoms with Crippen LogP contribution in [-0.2, 0) is 0 Å². The summed E-state index contributed by atoms with van der Waals surface area (Å²) in [5, 5.41) is 6.66. The average Bonchev–Trinajstić information content (AvgIpc) is 2.22. The lowest BCUT2D eigenvalue weighted by Gasteiger charge is -2.21. The van der Waals surface area contributed by atoms with E-state index in [1.54, 1.807) is 6.20 Å². The molecule has 0 spiro atoms. The third-order valence-corrected chi connectivity index (χ3v) is 3.05. The maximum atomic E-state index is 5.72. The van der Waals surface area contributed by atoms with E-state index in [0.29, 0.717) is 11.9 Å². The molecule has 0 aliphatic carbocycles. The molecule has 0 aliphatic heterocycles. The second-order valence-corrected chi connectivity index (χ2v) is 4.54. The van der Waals surface area contributed by atoms with Crippen molar-refractivity contribution in [2.24, 2.45) is 0 Å². The molecule has 4 nitrogen and oxygen atoms in total. The summed E-state index contributed by atoms with van der Waals surface area (Å²) < 4.78 is 0.807. The standard InChI is InChI=1S/C9H14BrClN4/c1-5(12-3)6(2)14-8-7(10)4-13-9(11)15-8/h4-6,12H,1-3H3,(H,13,14,15)/t5-,6?/m0/s1. The summed E-state index contributed by atoms with van der Waals surface area (Å²) in [6.07, 6.45) is 1.63. The molecule has 1 aromatic heterocycles. The molecule has 0 radical (unpaired) electrons. The van der Waals surface area contributed by atoms with Gasteiger partial charge in [0.25, 0.3) is 0 Å². The highest BCUT2D eigenvalue weighted by Gasteiger charge is 2.12. The number of hydrogen-bond acceptors (Lipinski definition) is 4. The first-order chi connectivity index (χ1) is 7.04. The quantitative estimate of drug-likeness (QED) is 0.837. The van der Waals surface area contributed by atoms with Crippen LogP contribution in [0.25, 0.3) is 0 Å². The Bertz CT molecular complexity index is 334. The van der Waals surface area contributed by atoms with Crippen LogP contribution in [0.1, 0.15) is 13.8 Å². The molecule has 0 bridgehead atoms. The van der Waals surface area contributed by atoms with E-state index in [0.717, 1.165) is 4.47 Å². The average molecular weight is 294 g/mol. The second-order valence-electron chi connectivity index (χ2n) is 3.35. The van der Waals surface area contributed by atoms with E-state index < -0.39 is 0 Å². The predicted octanol–water partition coefficient (Wildman–Crippen LogP) is 2.30. The van der Waals surface area contributed by atoms with Crippen molar-refractivity contribution in [1.82, 2.24) is 15.3 Å². The predicted molar refractivity (Wildman–Crippen MR) is 66.3 cm³/mol. The van der Waals surface area contributed by atoms with E-state index in [1.807, 2.05) is 7.05 Å². The Hall–Kier alpha value is -0.390. The number of likely N-dealkylation sites (N-methyl/N-ethyl adjacent to an activating group) is 1. The fourth-order valence-electron chi connectivity index (χ4n) is 1.04. The van der Waals surface area contributed by atoms with E-state index >= 15 is 0 Å². The number of halogens is 2. The van der Waals surface area contributed by atoms with E-state index in [2.05, 4.69) is 50.4 Å². The Morgan fingerprint density at radius 3 is 2.67 bits per heavy atom. The highest BCUT2D eigenvalue weighted by Crippen LogP contribution is 2.21. The van der Waals surface area contributed by atoms with Gasteiger partial charge < -0.3 is 10.6 Å². The van der Waals surface area contributed by atoms with Crippen molar-refractivity contribution in [3.05, 3.63) is 16.0 Å². The van der Waals surface area contributed by atoms with Crippen LogP contribution < -0.4 is 10.6 Å². The molecule has 15 heavy (non-hydrogen) atoms. The summed E-state index contributed by atoms with van der Waals surface area (Å²) in [6, 6.07) is 0.586. The van der Waals surface area contributed by atoms with Gasteiger partial charge in [-0.1, -0.05) is 0 Å². The molecule has 0 aromatic carbocycles. The molecule has 1 aromatic rings. The zero-order valence-corrected chi connectivity index (χ0v) is 11.2. The van der Waals surface area contributed by atoms with Crippen molar-refractivity contribution in [1.29, 1.82) is 0 Å². The number of aromatic nitrogens is 2. The Labute approximate surface area is 103 Å². The van der Waals surface area contributed by atoms with Gasteiger partial charge in [-0.2, -0.15) is 4.98 Å². The van der Waals surface area contributed by atoms with Crippen LogP contribution in [0.2, 0.25) is 5.28 Å². The summed E-state index contributed by atoms with van der Waals surface area (Å²) in [5.74, 6) is 0.713. The SMILES string of the molecule is CN[C@@H](C)C(C)Nc1nc(Cl)ncc1Br. The highest BCUT2D eigenvalue weighted by atomic mass is 79.9. The molecule has 1 unspecified atom stereocenters. The molecule has 0 saturated carbocycles. The number of hydrogen-bond donors (Lipinski definition) is 2. The van der Waals surface area contributed by atoms with Gasteiger partial charge in [-0.15, -0.1) is 0 Å². The van der Waals surface area contributed by atoms with Crippen LogP contribution in [-0.4, -0.2) is 29.1 Å². The van der Waals surface area contributed by atoms with Crippen molar-refractivity contribution in [3.8, 4) is 0 Å². The largest absolute Gasteiger partial charge is 0.365 e. The Morgan fingerprint density at radius 2 is 2.07 bits per heavy atom. The fourth-order valence-corrected chi connectivity index (χ4v) is 1.48. The lowest BCUT2D eigenvalue weighted by molar-refractivity contribution is 0.542. The molecule has 2 atom stereocenters. The van der Waals surface area contributed by atoms with Gasteiger partial charge in [0.1, 0.15) is 5.82 Å². The molecular weight excluding hydrogens is 279 g/mol. The van der Waals surface area contributed by atoms with Gasteiger partial charge in [0.05, 0.1) is 4.47 Å². The van der Waals surface area contributed by atoms with Gasteiger partial charge in [0, 0.05) is 18.3 Å². The van der Waals surface area contributed by atoms with Gasteiger partial charge in [-0.25, -0.2) is 4.98 Å². The van der Waals surface area contributed by atoms with Gasteiger partial charge in [0.2, 0.25) is 5.28 Å². The number of nitrogens with zero attached hydrogens (tertiary/aromatic N) is 2. The van der Waals surface area contributed by atoms with Crippen molar-refractivity contribution < 1.29 is 0 Å². The van der Waals surface area contributed by atoms with Crippen molar-refractivity contribution in [2.75, 3.05) is 12.4 Å². The summed E-state index contributed by atoms with van der Waals surface area (Å²) >= 11 is 9.08. The first kappa shape index (κ1) is 12.7. The zero-order valence-electron chi connectivity index (χ0n) is 8.88. The molecule has 1 heterocycles. The van der Waals surface area contributed by atoms with Crippen molar-refractivity contribution in [3.63, 3.8) is 0 Å². The van der Waals surface area contributed by atoms with Crippen molar-refractivity contribution >= 4 is 33.3 Å². The molecule has 0 aliphatic rings. The normalized spacial score (nSPS) is 14.7. The molecule has 1 rings (SSSR count). The second kappa shape index (κ2) is 5.63. The van der Waals surface area contributed by atoms with Crippen LogP contribution in [0, 0.1) is 0 Å². The highest BCUT2D eigenvalue weighted by molar-refractivity contribution is 9.10. The summed E-state index contributed by atoms with van der Waals surface area (Å²) in [7, 11) is 1.92. The topological polar surface area (TPSA) is 49.8 Å². The lowest BCUT2D eigenvalue weighted by Crippen LogP contribution is -2.38. The van der Waals surface area contributed by atoms with Crippen LogP contribution >= 0.6 is 27.5 Å². The Kier molecular flexibility index (Phi) is 4.76. The first-order valence-corrected chi connectivity index (χ1v) is 5.83. The van der Waals surface area contributed by atoms with Gasteiger partial charge in [-0.3, -0.25) is 0 Å². The van der Waals surface area contributed by atoms with E-state index in [4.69, 9.17) is 11.6 Å². The van der Waals surface area contributed by atoms with Crippen molar-refractivity contribution in [2.45, 2.75) is 25.9 Å².